The molecule has 0 fully saturated rings. The number of thiazole rings is 1. The van der Waals surface area contributed by atoms with E-state index >= 15 is 0 Å². The standard InChI is InChI=1S/C13H12N4O2S/c1-18-9-4-2-8(3-5-9)12-16-13(19-17-12)10-7-20-11(6-14)15-10/h2-5,7H,6,14H2,1H3. The summed E-state index contributed by atoms with van der Waals surface area (Å²) in [5, 5.41) is 6.65. The van der Waals surface area contributed by atoms with Crippen LogP contribution in [0.1, 0.15) is 5.01 Å². The summed E-state index contributed by atoms with van der Waals surface area (Å²) >= 11 is 1.47. The van der Waals surface area contributed by atoms with Crippen molar-refractivity contribution >= 4 is 11.3 Å². The highest BCUT2D eigenvalue weighted by Crippen LogP contribution is 2.24. The van der Waals surface area contributed by atoms with Crippen molar-refractivity contribution in [2.75, 3.05) is 7.11 Å². The van der Waals surface area contributed by atoms with E-state index in [1.165, 1.54) is 11.3 Å². The van der Waals surface area contributed by atoms with Crippen LogP contribution < -0.4 is 10.5 Å². The summed E-state index contributed by atoms with van der Waals surface area (Å²) < 4.78 is 10.3. The quantitative estimate of drug-likeness (QED) is 0.792. The molecule has 0 amide bonds. The highest BCUT2D eigenvalue weighted by atomic mass is 32.1. The van der Waals surface area contributed by atoms with E-state index in [0.717, 1.165) is 16.3 Å². The van der Waals surface area contributed by atoms with Crippen LogP contribution in [0.2, 0.25) is 0 Å². The highest BCUT2D eigenvalue weighted by molar-refractivity contribution is 7.09. The summed E-state index contributed by atoms with van der Waals surface area (Å²) in [6.07, 6.45) is 0. The van der Waals surface area contributed by atoms with Crippen LogP contribution in [-0.2, 0) is 6.54 Å². The normalized spacial score (nSPS) is 10.7. The molecular formula is C13H12N4O2S. The lowest BCUT2D eigenvalue weighted by Gasteiger charge is -1.98. The zero-order valence-corrected chi connectivity index (χ0v) is 11.6. The lowest BCUT2D eigenvalue weighted by Crippen LogP contribution is -1.94. The zero-order chi connectivity index (χ0) is 13.9. The first kappa shape index (κ1) is 12.8. The average Bonchev–Trinajstić information content (AvgIpc) is 3.16. The van der Waals surface area contributed by atoms with E-state index in [0.29, 0.717) is 24.0 Å². The van der Waals surface area contributed by atoms with Crippen LogP contribution in [0.5, 0.6) is 5.75 Å². The Bertz CT molecular complexity index is 705. The molecule has 0 bridgehead atoms. The van der Waals surface area contributed by atoms with E-state index in [1.54, 1.807) is 7.11 Å². The van der Waals surface area contributed by atoms with Gasteiger partial charge in [0.05, 0.1) is 7.11 Å². The molecular weight excluding hydrogens is 276 g/mol. The lowest BCUT2D eigenvalue weighted by atomic mass is 10.2. The molecule has 0 spiro atoms. The lowest BCUT2D eigenvalue weighted by molar-refractivity contribution is 0.414. The predicted octanol–water partition coefficient (Wildman–Crippen LogP) is 2.33. The van der Waals surface area contributed by atoms with Crippen molar-refractivity contribution in [2.24, 2.45) is 5.73 Å². The zero-order valence-electron chi connectivity index (χ0n) is 10.7. The molecule has 0 saturated heterocycles. The second kappa shape index (κ2) is 5.40. The average molecular weight is 288 g/mol. The van der Waals surface area contributed by atoms with Crippen molar-refractivity contribution in [3.05, 3.63) is 34.7 Å². The van der Waals surface area contributed by atoms with Gasteiger partial charge in [-0.3, -0.25) is 0 Å². The van der Waals surface area contributed by atoms with Gasteiger partial charge in [0, 0.05) is 17.5 Å². The number of benzene rings is 1. The number of ether oxygens (including phenoxy) is 1. The third kappa shape index (κ3) is 2.40. The summed E-state index contributed by atoms with van der Waals surface area (Å²) in [6.45, 7) is 0.407. The number of nitrogens with two attached hydrogens (primary N) is 1. The van der Waals surface area contributed by atoms with Crippen molar-refractivity contribution in [1.29, 1.82) is 0 Å². The minimum absolute atomic E-state index is 0.395. The van der Waals surface area contributed by atoms with Crippen LogP contribution in [0, 0.1) is 0 Å². The first-order valence-electron chi connectivity index (χ1n) is 5.93. The van der Waals surface area contributed by atoms with E-state index in [-0.39, 0.29) is 0 Å². The predicted molar refractivity (Wildman–Crippen MR) is 75.3 cm³/mol. The molecule has 20 heavy (non-hydrogen) atoms. The van der Waals surface area contributed by atoms with Crippen LogP contribution in [0.4, 0.5) is 0 Å². The van der Waals surface area contributed by atoms with Gasteiger partial charge in [0.2, 0.25) is 5.82 Å². The Hall–Kier alpha value is -2.25. The van der Waals surface area contributed by atoms with E-state index in [2.05, 4.69) is 15.1 Å². The first-order valence-corrected chi connectivity index (χ1v) is 6.81. The van der Waals surface area contributed by atoms with Crippen molar-refractivity contribution in [2.45, 2.75) is 6.54 Å². The van der Waals surface area contributed by atoms with Gasteiger partial charge < -0.3 is 15.0 Å². The Labute approximate surface area is 119 Å². The Morgan fingerprint density at radius 3 is 2.70 bits per heavy atom. The number of rotatable bonds is 4. The van der Waals surface area contributed by atoms with Crippen LogP contribution in [-0.4, -0.2) is 22.2 Å². The third-order valence-electron chi connectivity index (χ3n) is 2.72. The van der Waals surface area contributed by atoms with Gasteiger partial charge in [-0.15, -0.1) is 11.3 Å². The molecule has 0 aliphatic carbocycles. The molecule has 102 valence electrons. The molecule has 7 heteroatoms. The smallest absolute Gasteiger partial charge is 0.277 e. The van der Waals surface area contributed by atoms with Gasteiger partial charge in [-0.2, -0.15) is 4.98 Å². The van der Waals surface area contributed by atoms with Crippen molar-refractivity contribution < 1.29 is 9.26 Å². The van der Waals surface area contributed by atoms with Crippen LogP contribution >= 0.6 is 11.3 Å². The fourth-order valence-electron chi connectivity index (χ4n) is 1.69. The fraction of sp³-hybridized carbons (Fsp3) is 0.154. The molecule has 1 aromatic carbocycles. The molecule has 0 atom stereocenters. The molecule has 0 radical (unpaired) electrons. The second-order valence-corrected chi connectivity index (χ2v) is 4.92. The molecule has 0 aliphatic rings. The van der Waals surface area contributed by atoms with Gasteiger partial charge in [-0.1, -0.05) is 5.16 Å². The second-order valence-electron chi connectivity index (χ2n) is 3.98. The van der Waals surface area contributed by atoms with Crippen molar-refractivity contribution in [1.82, 2.24) is 15.1 Å². The maximum atomic E-state index is 5.53. The molecule has 2 heterocycles. The van der Waals surface area contributed by atoms with Crippen molar-refractivity contribution in [3.8, 4) is 28.7 Å². The van der Waals surface area contributed by atoms with Crippen LogP contribution in [0.25, 0.3) is 23.0 Å². The molecule has 6 nitrogen and oxygen atoms in total. The van der Waals surface area contributed by atoms with Gasteiger partial charge in [0.25, 0.3) is 5.89 Å². The maximum Gasteiger partial charge on any atom is 0.277 e. The number of nitrogens with zero attached hydrogens (tertiary/aromatic N) is 3. The molecule has 3 aromatic rings. The highest BCUT2D eigenvalue weighted by Gasteiger charge is 2.13. The van der Waals surface area contributed by atoms with Gasteiger partial charge in [0.15, 0.2) is 0 Å². The van der Waals surface area contributed by atoms with E-state index < -0.39 is 0 Å². The molecule has 0 aliphatic heterocycles. The fourth-order valence-corrected chi connectivity index (χ4v) is 2.34. The number of hydrogen-bond acceptors (Lipinski definition) is 7. The largest absolute Gasteiger partial charge is 0.497 e. The Morgan fingerprint density at radius 2 is 2.05 bits per heavy atom. The van der Waals surface area contributed by atoms with Crippen molar-refractivity contribution in [3.63, 3.8) is 0 Å². The topological polar surface area (TPSA) is 87.1 Å². The van der Waals surface area contributed by atoms with Crippen LogP contribution in [0.3, 0.4) is 0 Å². The van der Waals surface area contributed by atoms with Gasteiger partial charge in [-0.05, 0) is 24.3 Å². The molecule has 0 saturated carbocycles. The van der Waals surface area contributed by atoms with E-state index in [1.807, 2.05) is 29.6 Å². The Morgan fingerprint density at radius 1 is 1.25 bits per heavy atom. The first-order chi connectivity index (χ1) is 9.80. The Balaban J connectivity index is 1.88. The number of aromatic nitrogens is 3. The molecule has 0 unspecified atom stereocenters. The minimum atomic E-state index is 0.395. The van der Waals surface area contributed by atoms with Gasteiger partial charge >= 0.3 is 0 Å². The van der Waals surface area contributed by atoms with Gasteiger partial charge in [0.1, 0.15) is 16.5 Å². The monoisotopic (exact) mass is 288 g/mol. The number of methoxy groups -OCH3 is 1. The summed E-state index contributed by atoms with van der Waals surface area (Å²) in [4.78, 5) is 8.65. The van der Waals surface area contributed by atoms with E-state index in [4.69, 9.17) is 15.0 Å². The maximum absolute atomic E-state index is 5.53. The molecule has 3 rings (SSSR count). The summed E-state index contributed by atoms with van der Waals surface area (Å²) in [6, 6.07) is 7.45. The van der Waals surface area contributed by atoms with Gasteiger partial charge in [-0.25, -0.2) is 4.98 Å². The van der Waals surface area contributed by atoms with E-state index in [9.17, 15) is 0 Å². The SMILES string of the molecule is COc1ccc(-c2noc(-c3csc(CN)n3)n2)cc1. The third-order valence-corrected chi connectivity index (χ3v) is 3.59. The molecule has 2 N–H and O–H groups in total. The molecule has 2 aromatic heterocycles. The number of hydrogen-bond donors (Lipinski definition) is 1. The Kier molecular flexibility index (Phi) is 3.44. The minimum Gasteiger partial charge on any atom is -0.497 e. The summed E-state index contributed by atoms with van der Waals surface area (Å²) in [7, 11) is 1.62. The summed E-state index contributed by atoms with van der Waals surface area (Å²) in [5.74, 6) is 1.70. The summed E-state index contributed by atoms with van der Waals surface area (Å²) in [5.41, 5.74) is 7.05. The van der Waals surface area contributed by atoms with Crippen LogP contribution in [0.15, 0.2) is 34.2 Å².